The van der Waals surface area contributed by atoms with E-state index in [1.807, 2.05) is 25.1 Å². The molecule has 0 bridgehead atoms. The molecule has 174 valence electrons. The third kappa shape index (κ3) is 6.65. The van der Waals surface area contributed by atoms with Crippen LogP contribution in [-0.4, -0.2) is 27.4 Å². The number of halogens is 1. The smallest absolute Gasteiger partial charge is 0.264 e. The largest absolute Gasteiger partial charge is 0.354 e. The van der Waals surface area contributed by atoms with Crippen LogP contribution < -0.4 is 9.62 Å². The van der Waals surface area contributed by atoms with Gasteiger partial charge in [-0.05, 0) is 61.2 Å². The molecule has 0 saturated carbocycles. The SMILES string of the molecule is CCC(CNC(=O)CN(c1ccc(C)cc1)S(=O)(=O)c1ccc(F)cc1)Cc1ccccc1. The first kappa shape index (κ1) is 24.5. The van der Waals surface area contributed by atoms with Crippen molar-refractivity contribution in [2.24, 2.45) is 5.92 Å². The lowest BCUT2D eigenvalue weighted by Gasteiger charge is -2.25. The summed E-state index contributed by atoms with van der Waals surface area (Å²) in [7, 11) is -4.07. The highest BCUT2D eigenvalue weighted by Gasteiger charge is 2.27. The van der Waals surface area contributed by atoms with Gasteiger partial charge in [-0.25, -0.2) is 12.8 Å². The Morgan fingerprint density at radius 2 is 1.61 bits per heavy atom. The molecule has 0 heterocycles. The van der Waals surface area contributed by atoms with Gasteiger partial charge in [0.05, 0.1) is 10.6 Å². The highest BCUT2D eigenvalue weighted by atomic mass is 32.2. The normalized spacial score (nSPS) is 12.2. The monoisotopic (exact) mass is 468 g/mol. The van der Waals surface area contributed by atoms with Crippen LogP contribution in [0.25, 0.3) is 0 Å². The van der Waals surface area contributed by atoms with Crippen LogP contribution in [0.1, 0.15) is 24.5 Å². The van der Waals surface area contributed by atoms with E-state index in [1.54, 1.807) is 24.3 Å². The maximum atomic E-state index is 13.3. The molecule has 5 nitrogen and oxygen atoms in total. The lowest BCUT2D eigenvalue weighted by atomic mass is 9.97. The molecule has 33 heavy (non-hydrogen) atoms. The van der Waals surface area contributed by atoms with Gasteiger partial charge in [0.1, 0.15) is 12.4 Å². The molecule has 0 aliphatic carbocycles. The van der Waals surface area contributed by atoms with Gasteiger partial charge in [-0.1, -0.05) is 61.4 Å². The molecule has 3 aromatic rings. The quantitative estimate of drug-likeness (QED) is 0.468. The molecule has 1 N–H and O–H groups in total. The Bertz CT molecular complexity index is 1150. The van der Waals surface area contributed by atoms with Crippen LogP contribution in [0.3, 0.4) is 0 Å². The number of benzene rings is 3. The average molecular weight is 469 g/mol. The van der Waals surface area contributed by atoms with Crippen molar-refractivity contribution < 1.29 is 17.6 Å². The number of rotatable bonds is 10. The second-order valence-electron chi connectivity index (χ2n) is 8.07. The Morgan fingerprint density at radius 1 is 0.970 bits per heavy atom. The van der Waals surface area contributed by atoms with Gasteiger partial charge in [-0.2, -0.15) is 0 Å². The number of hydrogen-bond acceptors (Lipinski definition) is 3. The molecule has 7 heteroatoms. The van der Waals surface area contributed by atoms with Gasteiger partial charge in [-0.3, -0.25) is 9.10 Å². The molecule has 3 aromatic carbocycles. The van der Waals surface area contributed by atoms with Crippen LogP contribution in [-0.2, 0) is 21.2 Å². The fourth-order valence-corrected chi connectivity index (χ4v) is 4.93. The van der Waals surface area contributed by atoms with Crippen LogP contribution >= 0.6 is 0 Å². The minimum Gasteiger partial charge on any atom is -0.354 e. The summed E-state index contributed by atoms with van der Waals surface area (Å²) >= 11 is 0. The van der Waals surface area contributed by atoms with E-state index in [0.29, 0.717) is 12.2 Å². The standard InChI is InChI=1S/C26H29FN2O3S/c1-3-21(17-22-7-5-4-6-8-22)18-28-26(30)19-29(24-13-9-20(2)10-14-24)33(31,32)25-15-11-23(27)12-16-25/h4-16,21H,3,17-19H2,1-2H3,(H,28,30). The first-order valence-corrected chi connectivity index (χ1v) is 12.4. The highest BCUT2D eigenvalue weighted by Crippen LogP contribution is 2.24. The van der Waals surface area contributed by atoms with Crippen LogP contribution in [0.15, 0.2) is 83.8 Å². The van der Waals surface area contributed by atoms with Gasteiger partial charge >= 0.3 is 0 Å². The molecule has 0 fully saturated rings. The third-order valence-corrected chi connectivity index (χ3v) is 7.33. The van der Waals surface area contributed by atoms with Gasteiger partial charge in [0.25, 0.3) is 10.0 Å². The average Bonchev–Trinajstić information content (AvgIpc) is 2.81. The predicted molar refractivity (Wildman–Crippen MR) is 129 cm³/mol. The third-order valence-electron chi connectivity index (χ3n) is 5.54. The maximum Gasteiger partial charge on any atom is 0.264 e. The van der Waals surface area contributed by atoms with E-state index in [-0.39, 0.29) is 17.4 Å². The summed E-state index contributed by atoms with van der Waals surface area (Å²) in [5.41, 5.74) is 2.53. The molecule has 0 saturated heterocycles. The Kier molecular flexibility index (Phi) is 8.22. The maximum absolute atomic E-state index is 13.3. The lowest BCUT2D eigenvalue weighted by Crippen LogP contribution is -2.42. The van der Waals surface area contributed by atoms with Crippen molar-refractivity contribution >= 4 is 21.6 Å². The number of hydrogen-bond donors (Lipinski definition) is 1. The zero-order valence-electron chi connectivity index (χ0n) is 18.9. The van der Waals surface area contributed by atoms with Gasteiger partial charge in [0.2, 0.25) is 5.91 Å². The predicted octanol–water partition coefficient (Wildman–Crippen LogP) is 4.71. The summed E-state index contributed by atoms with van der Waals surface area (Å²) in [4.78, 5) is 12.7. The molecule has 0 spiro atoms. The van der Waals surface area contributed by atoms with E-state index in [9.17, 15) is 17.6 Å². The van der Waals surface area contributed by atoms with Crippen LogP contribution in [0.4, 0.5) is 10.1 Å². The first-order chi connectivity index (χ1) is 15.8. The summed E-state index contributed by atoms with van der Waals surface area (Å²) in [6.07, 6.45) is 1.71. The molecule has 0 radical (unpaired) electrons. The van der Waals surface area contributed by atoms with Crippen molar-refractivity contribution in [2.45, 2.75) is 31.6 Å². The second kappa shape index (κ2) is 11.1. The Labute approximate surface area is 195 Å². The lowest BCUT2D eigenvalue weighted by molar-refractivity contribution is -0.119. The molecule has 1 atom stereocenters. The number of sulfonamides is 1. The number of carbonyl (C=O) groups is 1. The summed E-state index contributed by atoms with van der Waals surface area (Å²) in [5.74, 6) is -0.691. The van der Waals surface area contributed by atoms with Crippen molar-refractivity contribution in [1.29, 1.82) is 0 Å². The van der Waals surface area contributed by atoms with Gasteiger partial charge in [0, 0.05) is 6.54 Å². The molecule has 0 aliphatic rings. The summed E-state index contributed by atoms with van der Waals surface area (Å²) in [5, 5.41) is 2.89. The molecule has 1 unspecified atom stereocenters. The summed E-state index contributed by atoms with van der Waals surface area (Å²) in [6, 6.07) is 21.5. The van der Waals surface area contributed by atoms with E-state index in [1.165, 1.54) is 17.7 Å². The molecular weight excluding hydrogens is 439 g/mol. The van der Waals surface area contributed by atoms with E-state index in [2.05, 4.69) is 24.4 Å². The fourth-order valence-electron chi connectivity index (χ4n) is 3.51. The van der Waals surface area contributed by atoms with Crippen molar-refractivity contribution in [2.75, 3.05) is 17.4 Å². The van der Waals surface area contributed by atoms with Gasteiger partial charge in [0.15, 0.2) is 0 Å². The minimum absolute atomic E-state index is 0.0761. The van der Waals surface area contributed by atoms with Crippen LogP contribution in [0, 0.1) is 18.7 Å². The highest BCUT2D eigenvalue weighted by molar-refractivity contribution is 7.92. The number of carbonyl (C=O) groups excluding carboxylic acids is 1. The van der Waals surface area contributed by atoms with Crippen LogP contribution in [0.5, 0.6) is 0 Å². The topological polar surface area (TPSA) is 66.5 Å². The fraction of sp³-hybridized carbons (Fsp3) is 0.269. The van der Waals surface area contributed by atoms with E-state index in [0.717, 1.165) is 34.8 Å². The number of nitrogens with one attached hydrogen (secondary N) is 1. The zero-order valence-corrected chi connectivity index (χ0v) is 19.7. The second-order valence-corrected chi connectivity index (χ2v) is 9.93. The van der Waals surface area contributed by atoms with Crippen molar-refractivity contribution in [1.82, 2.24) is 5.32 Å². The number of aryl methyl sites for hydroxylation is 1. The van der Waals surface area contributed by atoms with E-state index >= 15 is 0 Å². The van der Waals surface area contributed by atoms with E-state index < -0.39 is 21.7 Å². The molecule has 3 rings (SSSR count). The molecular formula is C26H29FN2O3S. The van der Waals surface area contributed by atoms with Crippen LogP contribution in [0.2, 0.25) is 0 Å². The number of anilines is 1. The molecule has 0 aliphatic heterocycles. The first-order valence-electron chi connectivity index (χ1n) is 10.9. The Hall–Kier alpha value is -3.19. The van der Waals surface area contributed by atoms with Crippen molar-refractivity contribution in [3.05, 3.63) is 95.8 Å². The molecule has 1 amide bonds. The van der Waals surface area contributed by atoms with Crippen molar-refractivity contribution in [3.63, 3.8) is 0 Å². The Morgan fingerprint density at radius 3 is 2.21 bits per heavy atom. The number of nitrogens with zero attached hydrogens (tertiary/aromatic N) is 1. The zero-order chi connectivity index (χ0) is 23.8. The summed E-state index contributed by atoms with van der Waals surface area (Å²) < 4.78 is 41.1. The van der Waals surface area contributed by atoms with Gasteiger partial charge < -0.3 is 5.32 Å². The minimum atomic E-state index is -4.07. The molecule has 0 aromatic heterocycles. The van der Waals surface area contributed by atoms with Gasteiger partial charge in [-0.15, -0.1) is 0 Å². The summed E-state index contributed by atoms with van der Waals surface area (Å²) in [6.45, 7) is 4.04. The van der Waals surface area contributed by atoms with Crippen molar-refractivity contribution in [3.8, 4) is 0 Å². The van der Waals surface area contributed by atoms with E-state index in [4.69, 9.17) is 0 Å². The number of amides is 1. The Balaban J connectivity index is 1.76.